The summed E-state index contributed by atoms with van der Waals surface area (Å²) in [6.45, 7) is 4.95. The molecule has 1 atom stereocenters. The van der Waals surface area contributed by atoms with Gasteiger partial charge < -0.3 is 19.2 Å². The van der Waals surface area contributed by atoms with E-state index >= 15 is 0 Å². The van der Waals surface area contributed by atoms with E-state index < -0.39 is 0 Å². The van der Waals surface area contributed by atoms with Crippen molar-refractivity contribution >= 4 is 5.91 Å². The maximum Gasteiger partial charge on any atom is 0.289 e. The molecule has 25 heavy (non-hydrogen) atoms. The number of amides is 1. The number of hydrogen-bond acceptors (Lipinski definition) is 5. The normalized spacial score (nSPS) is 24.8. The lowest BCUT2D eigenvalue weighted by Crippen LogP contribution is -2.48. The van der Waals surface area contributed by atoms with Crippen LogP contribution in [0.15, 0.2) is 16.5 Å². The van der Waals surface area contributed by atoms with Crippen molar-refractivity contribution < 1.29 is 19.1 Å². The first-order valence-electron chi connectivity index (χ1n) is 9.36. The predicted molar refractivity (Wildman–Crippen MR) is 94.4 cm³/mol. The standard InChI is InChI=1S/C19H30N2O4/c1-24-12-8-19(15-22)7-4-11-21(14-19)18(23)17-6-5-16(25-17)13-20-9-2-3-10-20/h5-6,22H,2-4,7-15H2,1H3. The Labute approximate surface area is 149 Å². The van der Waals surface area contributed by atoms with Gasteiger partial charge in [-0.1, -0.05) is 0 Å². The van der Waals surface area contributed by atoms with Crippen molar-refractivity contribution in [3.05, 3.63) is 23.7 Å². The Bertz CT molecular complexity index is 568. The molecule has 0 bridgehead atoms. The molecule has 2 aliphatic rings. The monoisotopic (exact) mass is 350 g/mol. The van der Waals surface area contributed by atoms with Gasteiger partial charge in [0.2, 0.25) is 0 Å². The lowest BCUT2D eigenvalue weighted by molar-refractivity contribution is 0.00761. The van der Waals surface area contributed by atoms with Gasteiger partial charge in [0.15, 0.2) is 5.76 Å². The van der Waals surface area contributed by atoms with E-state index in [0.717, 1.165) is 51.2 Å². The number of likely N-dealkylation sites (tertiary alicyclic amines) is 2. The van der Waals surface area contributed by atoms with E-state index in [9.17, 15) is 9.90 Å². The van der Waals surface area contributed by atoms with Crippen molar-refractivity contribution in [3.63, 3.8) is 0 Å². The summed E-state index contributed by atoms with van der Waals surface area (Å²) in [4.78, 5) is 17.0. The number of ether oxygens (including phenoxy) is 1. The minimum absolute atomic E-state index is 0.0670. The molecule has 1 aromatic heterocycles. The van der Waals surface area contributed by atoms with E-state index in [0.29, 0.717) is 18.9 Å². The Morgan fingerprint density at radius 3 is 2.80 bits per heavy atom. The molecule has 0 aliphatic carbocycles. The molecule has 6 nitrogen and oxygen atoms in total. The van der Waals surface area contributed by atoms with Crippen LogP contribution in [0.25, 0.3) is 0 Å². The first-order chi connectivity index (χ1) is 12.2. The molecule has 1 N–H and O–H groups in total. The van der Waals surface area contributed by atoms with Crippen LogP contribution in [0.5, 0.6) is 0 Å². The summed E-state index contributed by atoms with van der Waals surface area (Å²) in [6, 6.07) is 3.71. The third-order valence-electron chi connectivity index (χ3n) is 5.57. The molecule has 1 unspecified atom stereocenters. The van der Waals surface area contributed by atoms with Crippen LogP contribution in [0.3, 0.4) is 0 Å². The predicted octanol–water partition coefficient (Wildman–Crippen LogP) is 2.13. The Morgan fingerprint density at radius 1 is 1.28 bits per heavy atom. The summed E-state index contributed by atoms with van der Waals surface area (Å²) in [5.74, 6) is 1.20. The van der Waals surface area contributed by atoms with Gasteiger partial charge in [-0.15, -0.1) is 0 Å². The first kappa shape index (κ1) is 18.4. The maximum atomic E-state index is 12.8. The van der Waals surface area contributed by atoms with Crippen molar-refractivity contribution in [2.75, 3.05) is 46.5 Å². The summed E-state index contributed by atoms with van der Waals surface area (Å²) >= 11 is 0. The number of nitrogens with zero attached hydrogens (tertiary/aromatic N) is 2. The number of aliphatic hydroxyl groups is 1. The van der Waals surface area contributed by atoms with Crippen molar-refractivity contribution in [1.82, 2.24) is 9.80 Å². The lowest BCUT2D eigenvalue weighted by Gasteiger charge is -2.41. The molecule has 2 fully saturated rings. The quantitative estimate of drug-likeness (QED) is 0.816. The number of aliphatic hydroxyl groups excluding tert-OH is 1. The van der Waals surface area contributed by atoms with Gasteiger partial charge in [0.05, 0.1) is 13.2 Å². The summed E-state index contributed by atoms with van der Waals surface area (Å²) in [5, 5.41) is 9.88. The summed E-state index contributed by atoms with van der Waals surface area (Å²) in [5.41, 5.74) is -0.255. The molecular weight excluding hydrogens is 320 g/mol. The molecule has 0 radical (unpaired) electrons. The van der Waals surface area contributed by atoms with E-state index in [1.165, 1.54) is 12.8 Å². The van der Waals surface area contributed by atoms with E-state index in [2.05, 4.69) is 4.90 Å². The second-order valence-corrected chi connectivity index (χ2v) is 7.48. The molecule has 2 saturated heterocycles. The Hall–Kier alpha value is -1.37. The van der Waals surface area contributed by atoms with Crippen LogP contribution in [0.1, 0.15) is 48.4 Å². The van der Waals surface area contributed by atoms with Gasteiger partial charge in [0, 0.05) is 32.2 Å². The average Bonchev–Trinajstić information content (AvgIpc) is 3.32. The van der Waals surface area contributed by atoms with Gasteiger partial charge in [-0.25, -0.2) is 0 Å². The summed E-state index contributed by atoms with van der Waals surface area (Å²) < 4.78 is 11.0. The zero-order valence-electron chi connectivity index (χ0n) is 15.2. The minimum Gasteiger partial charge on any atom is -0.455 e. The molecule has 0 aromatic carbocycles. The summed E-state index contributed by atoms with van der Waals surface area (Å²) in [6.07, 6.45) is 5.07. The first-order valence-corrected chi connectivity index (χ1v) is 9.36. The number of carbonyl (C=O) groups is 1. The van der Waals surface area contributed by atoms with Gasteiger partial charge in [-0.05, 0) is 57.3 Å². The number of rotatable bonds is 7. The second kappa shape index (κ2) is 8.34. The van der Waals surface area contributed by atoms with Crippen LogP contribution in [-0.4, -0.2) is 67.3 Å². The Kier molecular flexibility index (Phi) is 6.15. The van der Waals surface area contributed by atoms with Gasteiger partial charge in [-0.2, -0.15) is 0 Å². The third kappa shape index (κ3) is 4.43. The fourth-order valence-corrected chi connectivity index (χ4v) is 4.01. The van der Waals surface area contributed by atoms with Crippen LogP contribution in [0.2, 0.25) is 0 Å². The Balaban J connectivity index is 1.62. The SMILES string of the molecule is COCCC1(CO)CCCN(C(=O)c2ccc(CN3CCCC3)o2)C1. The lowest BCUT2D eigenvalue weighted by atomic mass is 9.78. The fourth-order valence-electron chi connectivity index (χ4n) is 4.01. The van der Waals surface area contributed by atoms with Crippen molar-refractivity contribution in [1.29, 1.82) is 0 Å². The molecule has 1 amide bonds. The van der Waals surface area contributed by atoms with Crippen molar-refractivity contribution in [2.24, 2.45) is 5.41 Å². The largest absolute Gasteiger partial charge is 0.455 e. The number of furan rings is 1. The number of carbonyl (C=O) groups excluding carboxylic acids is 1. The molecule has 1 aromatic rings. The van der Waals surface area contributed by atoms with Crippen molar-refractivity contribution in [3.8, 4) is 0 Å². The number of methoxy groups -OCH3 is 1. The molecule has 0 spiro atoms. The molecule has 3 rings (SSSR count). The van der Waals surface area contributed by atoms with Crippen LogP contribution < -0.4 is 0 Å². The topological polar surface area (TPSA) is 66.2 Å². The van der Waals surface area contributed by atoms with Crippen molar-refractivity contribution in [2.45, 2.75) is 38.6 Å². The van der Waals surface area contributed by atoms with E-state index in [1.54, 1.807) is 13.2 Å². The molecule has 3 heterocycles. The van der Waals surface area contributed by atoms with E-state index in [1.807, 2.05) is 11.0 Å². The number of piperidine rings is 1. The molecule has 6 heteroatoms. The van der Waals surface area contributed by atoms with Gasteiger partial charge in [0.1, 0.15) is 5.76 Å². The highest BCUT2D eigenvalue weighted by atomic mass is 16.5. The zero-order valence-corrected chi connectivity index (χ0v) is 15.2. The van der Waals surface area contributed by atoms with Gasteiger partial charge in [-0.3, -0.25) is 9.69 Å². The molecule has 0 saturated carbocycles. The number of hydrogen-bond donors (Lipinski definition) is 1. The van der Waals surface area contributed by atoms with E-state index in [-0.39, 0.29) is 17.9 Å². The zero-order chi connectivity index (χ0) is 17.7. The van der Waals surface area contributed by atoms with Gasteiger partial charge >= 0.3 is 0 Å². The molecular formula is C19H30N2O4. The highest BCUT2D eigenvalue weighted by molar-refractivity contribution is 5.91. The van der Waals surface area contributed by atoms with Crippen LogP contribution in [0.4, 0.5) is 0 Å². The third-order valence-corrected chi connectivity index (χ3v) is 5.57. The van der Waals surface area contributed by atoms with Gasteiger partial charge in [0.25, 0.3) is 5.91 Å². The average molecular weight is 350 g/mol. The summed E-state index contributed by atoms with van der Waals surface area (Å²) in [7, 11) is 1.67. The minimum atomic E-state index is -0.255. The molecule has 2 aliphatic heterocycles. The van der Waals surface area contributed by atoms with Crippen LogP contribution in [-0.2, 0) is 11.3 Å². The second-order valence-electron chi connectivity index (χ2n) is 7.48. The van der Waals surface area contributed by atoms with Crippen LogP contribution in [0, 0.1) is 5.41 Å². The van der Waals surface area contributed by atoms with Crippen LogP contribution >= 0.6 is 0 Å². The molecule has 140 valence electrons. The Morgan fingerprint density at radius 2 is 2.08 bits per heavy atom. The highest BCUT2D eigenvalue weighted by Crippen LogP contribution is 2.34. The fraction of sp³-hybridized carbons (Fsp3) is 0.737. The highest BCUT2D eigenvalue weighted by Gasteiger charge is 2.37. The van der Waals surface area contributed by atoms with E-state index in [4.69, 9.17) is 9.15 Å². The smallest absolute Gasteiger partial charge is 0.289 e. The maximum absolute atomic E-state index is 12.8.